The van der Waals surface area contributed by atoms with Crippen LogP contribution in [0.2, 0.25) is 0 Å². The lowest BCUT2D eigenvalue weighted by molar-refractivity contribution is -0.280. The molecular weight excluding hydrogens is 487 g/mol. The molecule has 0 bridgehead atoms. The van der Waals surface area contributed by atoms with E-state index in [-0.39, 0.29) is 28.3 Å². The second-order valence-corrected chi connectivity index (χ2v) is 9.26. The molecule has 2 unspecified atom stereocenters. The smallest absolute Gasteiger partial charge is 0.419 e. The summed E-state index contributed by atoms with van der Waals surface area (Å²) in [7, 11) is 1.18. The summed E-state index contributed by atoms with van der Waals surface area (Å²) in [5.74, 6) is -2.95. The molecule has 2 heterocycles. The number of rotatable bonds is 4. The monoisotopic (exact) mass is 510 g/mol. The summed E-state index contributed by atoms with van der Waals surface area (Å²) < 4.78 is 77.0. The van der Waals surface area contributed by atoms with Crippen molar-refractivity contribution >= 4 is 11.7 Å². The zero-order chi connectivity index (χ0) is 26.6. The van der Waals surface area contributed by atoms with Crippen molar-refractivity contribution in [1.29, 1.82) is 0 Å². The van der Waals surface area contributed by atoms with E-state index in [0.717, 1.165) is 24.4 Å². The highest BCUT2D eigenvalue weighted by molar-refractivity contribution is 5.99. The molecule has 0 aliphatic heterocycles. The van der Waals surface area contributed by atoms with E-state index in [1.807, 2.05) is 0 Å². The number of aromatic nitrogens is 2. The topological polar surface area (TPSA) is 102 Å². The van der Waals surface area contributed by atoms with Gasteiger partial charge in [0.1, 0.15) is 5.82 Å². The summed E-state index contributed by atoms with van der Waals surface area (Å²) in [5.41, 5.74) is 1.39. The van der Waals surface area contributed by atoms with Crippen LogP contribution < -0.4 is 15.8 Å². The van der Waals surface area contributed by atoms with Gasteiger partial charge in [0.05, 0.1) is 30.6 Å². The Hall–Kier alpha value is -3.67. The van der Waals surface area contributed by atoms with Crippen LogP contribution >= 0.6 is 0 Å². The molecule has 12 heteroatoms. The van der Waals surface area contributed by atoms with Crippen molar-refractivity contribution < 1.29 is 36.6 Å². The minimum atomic E-state index is -5.15. The molecule has 1 aliphatic rings. The fourth-order valence-electron chi connectivity index (χ4n) is 4.87. The number of pyridine rings is 1. The van der Waals surface area contributed by atoms with Gasteiger partial charge in [0.2, 0.25) is 5.95 Å². The lowest BCUT2D eigenvalue weighted by Crippen LogP contribution is -2.60. The Bertz CT molecular complexity index is 1320. The Morgan fingerprint density at radius 2 is 1.92 bits per heavy atom. The first-order valence-corrected chi connectivity index (χ1v) is 10.8. The highest BCUT2D eigenvalue weighted by Gasteiger charge is 2.64. The van der Waals surface area contributed by atoms with E-state index < -0.39 is 47.3 Å². The molecule has 1 aliphatic carbocycles. The number of hydrogen-bond acceptors (Lipinski definition) is 5. The second kappa shape index (κ2) is 8.47. The normalized spacial score (nSPS) is 21.1. The number of nitrogens with zero attached hydrogens (tertiary/aromatic N) is 2. The minimum Gasteiger partial charge on any atom is -0.493 e. The van der Waals surface area contributed by atoms with Crippen molar-refractivity contribution in [3.8, 4) is 11.4 Å². The van der Waals surface area contributed by atoms with E-state index in [1.165, 1.54) is 43.9 Å². The van der Waals surface area contributed by atoms with Gasteiger partial charge in [-0.15, -0.1) is 0 Å². The first kappa shape index (κ1) is 25.4. The fraction of sp³-hybridized carbons (Fsp3) is 0.333. The maximum absolute atomic E-state index is 14.5. The number of amides is 1. The third-order valence-electron chi connectivity index (χ3n) is 6.45. The number of carbonyl (C=O) groups is 1. The van der Waals surface area contributed by atoms with Crippen molar-refractivity contribution in [1.82, 2.24) is 14.9 Å². The molecule has 1 amide bonds. The van der Waals surface area contributed by atoms with Gasteiger partial charge in [-0.25, -0.2) is 9.37 Å². The van der Waals surface area contributed by atoms with E-state index >= 15 is 0 Å². The van der Waals surface area contributed by atoms with Gasteiger partial charge >= 0.3 is 6.18 Å². The largest absolute Gasteiger partial charge is 0.493 e. The van der Waals surface area contributed by atoms with Crippen LogP contribution in [0.4, 0.5) is 27.8 Å². The first-order chi connectivity index (χ1) is 16.7. The van der Waals surface area contributed by atoms with Crippen LogP contribution in [-0.4, -0.2) is 39.5 Å². The Morgan fingerprint density at radius 1 is 1.22 bits per heavy atom. The second-order valence-electron chi connectivity index (χ2n) is 9.26. The van der Waals surface area contributed by atoms with Crippen LogP contribution in [0, 0.1) is 11.8 Å². The number of nitrogens with two attached hydrogens (primary N) is 1. The van der Waals surface area contributed by atoms with Crippen LogP contribution in [0.25, 0.3) is 5.69 Å². The number of anilines is 1. The Morgan fingerprint density at radius 3 is 2.50 bits per heavy atom. The average molecular weight is 510 g/mol. The van der Waals surface area contributed by atoms with Crippen molar-refractivity contribution in [2.24, 2.45) is 0 Å². The lowest BCUT2D eigenvalue weighted by Gasteiger charge is -2.48. The number of nitrogen functional groups attached to an aromatic ring is 1. The molecule has 1 aromatic carbocycles. The number of fused-ring (bicyclic) bond motifs is 1. The molecular formula is C24H23F5N4O3. The van der Waals surface area contributed by atoms with Crippen molar-refractivity contribution in [3.63, 3.8) is 0 Å². The quantitative estimate of drug-likeness (QED) is 0.361. The maximum atomic E-state index is 14.5. The summed E-state index contributed by atoms with van der Waals surface area (Å²) in [6, 6.07) is 3.70. The van der Waals surface area contributed by atoms with Gasteiger partial charge in [0, 0.05) is 11.8 Å². The molecule has 4 N–H and O–H groups in total. The molecule has 0 radical (unpaired) electrons. The third kappa shape index (κ3) is 3.94. The van der Waals surface area contributed by atoms with Crippen LogP contribution in [-0.2, 0) is 5.41 Å². The van der Waals surface area contributed by atoms with Crippen LogP contribution in [0.1, 0.15) is 47.8 Å². The van der Waals surface area contributed by atoms with Crippen LogP contribution in [0.15, 0.2) is 42.7 Å². The zero-order valence-corrected chi connectivity index (χ0v) is 19.5. The van der Waals surface area contributed by atoms with Gasteiger partial charge < -0.3 is 25.5 Å². The Balaban J connectivity index is 1.81. The molecule has 0 saturated heterocycles. The van der Waals surface area contributed by atoms with Crippen molar-refractivity contribution in [3.05, 3.63) is 71.2 Å². The highest BCUT2D eigenvalue weighted by atomic mass is 19.4. The number of methoxy groups -OCH3 is 1. The number of halogens is 5. The SMILES string of the molecule is COc1c(F)ccc2c1C(C)(C)CC(O)(C(F)(F)F)C2NC(=O)c1ccn(-c2ccc(F)nc2)c1N. The van der Waals surface area contributed by atoms with Crippen LogP contribution in [0.3, 0.4) is 0 Å². The summed E-state index contributed by atoms with van der Waals surface area (Å²) in [5, 5.41) is 13.3. The van der Waals surface area contributed by atoms with Gasteiger partial charge in [-0.1, -0.05) is 19.9 Å². The molecule has 4 rings (SSSR count). The standard InChI is InChI=1S/C24H23F5N4O3/c1-22(2)11-23(35,24(27,28)29)19(13-5-6-15(25)18(36-3)17(13)22)32-21(34)14-8-9-33(20(14)30)12-4-7-16(26)31-10-12/h4-10,19,35H,11,30H2,1-3H3,(H,32,34). The lowest BCUT2D eigenvalue weighted by atomic mass is 9.63. The summed E-state index contributed by atoms with van der Waals surface area (Å²) >= 11 is 0. The molecule has 0 fully saturated rings. The average Bonchev–Trinajstić information content (AvgIpc) is 3.17. The molecule has 0 saturated carbocycles. The predicted octanol–water partition coefficient (Wildman–Crippen LogP) is 4.19. The Kier molecular flexibility index (Phi) is 5.98. The summed E-state index contributed by atoms with van der Waals surface area (Å²) in [6.07, 6.45) is -3.50. The number of hydrogen-bond donors (Lipinski definition) is 3. The Labute approximate surface area is 202 Å². The van der Waals surface area contributed by atoms with E-state index in [9.17, 15) is 31.9 Å². The van der Waals surface area contributed by atoms with E-state index in [2.05, 4.69) is 10.3 Å². The summed E-state index contributed by atoms with van der Waals surface area (Å²) in [4.78, 5) is 16.7. The number of ether oxygens (including phenoxy) is 1. The molecule has 192 valence electrons. The van der Waals surface area contributed by atoms with Crippen molar-refractivity contribution in [2.45, 2.75) is 43.5 Å². The molecule has 36 heavy (non-hydrogen) atoms. The first-order valence-electron chi connectivity index (χ1n) is 10.8. The highest BCUT2D eigenvalue weighted by Crippen LogP contribution is 2.55. The van der Waals surface area contributed by atoms with Gasteiger partial charge in [-0.3, -0.25) is 4.79 Å². The molecule has 0 spiro atoms. The van der Waals surface area contributed by atoms with E-state index in [0.29, 0.717) is 5.69 Å². The molecule has 3 aromatic rings. The van der Waals surface area contributed by atoms with Crippen LogP contribution in [0.5, 0.6) is 5.75 Å². The van der Waals surface area contributed by atoms with Crippen molar-refractivity contribution in [2.75, 3.05) is 12.8 Å². The number of alkyl halides is 3. The van der Waals surface area contributed by atoms with Gasteiger partial charge in [0.15, 0.2) is 17.2 Å². The van der Waals surface area contributed by atoms with Gasteiger partial charge in [-0.2, -0.15) is 17.6 Å². The predicted molar refractivity (Wildman–Crippen MR) is 120 cm³/mol. The van der Waals surface area contributed by atoms with E-state index in [1.54, 1.807) is 0 Å². The minimum absolute atomic E-state index is 0.104. The third-order valence-corrected chi connectivity index (χ3v) is 6.45. The fourth-order valence-corrected chi connectivity index (χ4v) is 4.87. The maximum Gasteiger partial charge on any atom is 0.419 e. The van der Waals surface area contributed by atoms with E-state index in [4.69, 9.17) is 10.5 Å². The number of carbonyl (C=O) groups excluding carboxylic acids is 1. The zero-order valence-electron chi connectivity index (χ0n) is 19.5. The summed E-state index contributed by atoms with van der Waals surface area (Å²) in [6.45, 7) is 2.86. The molecule has 7 nitrogen and oxygen atoms in total. The van der Waals surface area contributed by atoms with Gasteiger partial charge in [-0.05, 0) is 41.7 Å². The molecule has 2 aromatic heterocycles. The van der Waals surface area contributed by atoms with Gasteiger partial charge in [0.25, 0.3) is 5.91 Å². The number of aliphatic hydroxyl groups is 1. The molecule has 2 atom stereocenters. The number of benzene rings is 1. The number of nitrogens with one attached hydrogen (secondary N) is 1.